The quantitative estimate of drug-likeness (QED) is 0.517. The standard InChI is InChI=1S/C27H35N5O2/c1-19(2)25-20(3)26(32(30-25)22-13-9-6-10-14-22)29-27(33)28-24-18-31(15-16-34-4)17-23(24)21-11-7-5-8-12-21/h5-14,19,23-24H,15-18H2,1-4H3,(H2,28,29,33). The van der Waals surface area contributed by atoms with Gasteiger partial charge in [-0.05, 0) is 30.5 Å². The molecule has 1 saturated heterocycles. The van der Waals surface area contributed by atoms with E-state index < -0.39 is 0 Å². The van der Waals surface area contributed by atoms with E-state index in [1.54, 1.807) is 7.11 Å². The molecule has 0 saturated carbocycles. The summed E-state index contributed by atoms with van der Waals surface area (Å²) in [5.41, 5.74) is 4.12. The summed E-state index contributed by atoms with van der Waals surface area (Å²) >= 11 is 0. The molecule has 7 nitrogen and oxygen atoms in total. The van der Waals surface area contributed by atoms with E-state index in [2.05, 4.69) is 53.6 Å². The van der Waals surface area contributed by atoms with Crippen LogP contribution < -0.4 is 10.6 Å². The molecule has 2 amide bonds. The van der Waals surface area contributed by atoms with Gasteiger partial charge in [-0.3, -0.25) is 10.2 Å². The number of urea groups is 1. The van der Waals surface area contributed by atoms with Gasteiger partial charge in [-0.15, -0.1) is 0 Å². The molecule has 7 heteroatoms. The second-order valence-corrected chi connectivity index (χ2v) is 9.24. The number of carbonyl (C=O) groups is 1. The van der Waals surface area contributed by atoms with Gasteiger partial charge in [0.05, 0.1) is 24.0 Å². The predicted octanol–water partition coefficient (Wildman–Crippen LogP) is 4.54. The molecule has 2 N–H and O–H groups in total. The first-order chi connectivity index (χ1) is 16.5. The zero-order valence-electron chi connectivity index (χ0n) is 20.5. The lowest BCUT2D eigenvalue weighted by Crippen LogP contribution is -2.42. The fourth-order valence-electron chi connectivity index (χ4n) is 4.75. The van der Waals surface area contributed by atoms with Crippen molar-refractivity contribution >= 4 is 11.8 Å². The number of ether oxygens (including phenoxy) is 1. The van der Waals surface area contributed by atoms with Gasteiger partial charge in [0.2, 0.25) is 0 Å². The van der Waals surface area contributed by atoms with Crippen molar-refractivity contribution < 1.29 is 9.53 Å². The van der Waals surface area contributed by atoms with Crippen molar-refractivity contribution in [2.45, 2.75) is 38.6 Å². The second kappa shape index (κ2) is 10.8. The molecule has 2 unspecified atom stereocenters. The number of aromatic nitrogens is 2. The van der Waals surface area contributed by atoms with Crippen LogP contribution in [-0.4, -0.2) is 60.1 Å². The van der Waals surface area contributed by atoms with Crippen LogP contribution in [0.15, 0.2) is 60.7 Å². The van der Waals surface area contributed by atoms with E-state index in [0.29, 0.717) is 12.4 Å². The summed E-state index contributed by atoms with van der Waals surface area (Å²) < 4.78 is 7.11. The number of benzene rings is 2. The number of amides is 2. The summed E-state index contributed by atoms with van der Waals surface area (Å²) in [5.74, 6) is 1.17. The van der Waals surface area contributed by atoms with E-state index in [9.17, 15) is 4.79 Å². The van der Waals surface area contributed by atoms with Crippen LogP contribution in [0.1, 0.15) is 42.5 Å². The fraction of sp³-hybridized carbons (Fsp3) is 0.407. The normalized spacial score (nSPS) is 18.4. The molecule has 34 heavy (non-hydrogen) atoms. The number of hydrogen-bond acceptors (Lipinski definition) is 4. The minimum Gasteiger partial charge on any atom is -0.383 e. The summed E-state index contributed by atoms with van der Waals surface area (Å²) in [6.07, 6.45) is 0. The van der Waals surface area contributed by atoms with E-state index in [1.165, 1.54) is 5.56 Å². The number of hydrogen-bond donors (Lipinski definition) is 2. The molecule has 0 aliphatic carbocycles. The fourth-order valence-corrected chi connectivity index (χ4v) is 4.75. The highest BCUT2D eigenvalue weighted by molar-refractivity contribution is 5.90. The minimum absolute atomic E-state index is 0.00257. The Hall–Kier alpha value is -3.16. The highest BCUT2D eigenvalue weighted by Gasteiger charge is 2.35. The van der Waals surface area contributed by atoms with Crippen LogP contribution in [-0.2, 0) is 4.74 Å². The van der Waals surface area contributed by atoms with Gasteiger partial charge in [-0.25, -0.2) is 9.48 Å². The van der Waals surface area contributed by atoms with Crippen molar-refractivity contribution in [1.82, 2.24) is 20.0 Å². The van der Waals surface area contributed by atoms with Crippen LogP contribution >= 0.6 is 0 Å². The monoisotopic (exact) mass is 461 g/mol. The summed E-state index contributed by atoms with van der Waals surface area (Å²) in [6.45, 7) is 9.44. The third-order valence-electron chi connectivity index (χ3n) is 6.49. The van der Waals surface area contributed by atoms with Crippen molar-refractivity contribution in [2.24, 2.45) is 0 Å². The molecule has 2 aromatic carbocycles. The second-order valence-electron chi connectivity index (χ2n) is 9.24. The van der Waals surface area contributed by atoms with Crippen molar-refractivity contribution in [2.75, 3.05) is 38.7 Å². The van der Waals surface area contributed by atoms with Gasteiger partial charge in [0.15, 0.2) is 0 Å². The Morgan fingerprint density at radius 2 is 1.76 bits per heavy atom. The maximum Gasteiger partial charge on any atom is 0.320 e. The Morgan fingerprint density at radius 3 is 2.41 bits per heavy atom. The van der Waals surface area contributed by atoms with Crippen molar-refractivity contribution in [3.63, 3.8) is 0 Å². The van der Waals surface area contributed by atoms with E-state index in [4.69, 9.17) is 9.84 Å². The van der Waals surface area contributed by atoms with Gasteiger partial charge in [0, 0.05) is 38.2 Å². The molecule has 2 heterocycles. The molecule has 2 atom stereocenters. The average molecular weight is 462 g/mol. The molecule has 1 aliphatic heterocycles. The molecule has 3 aromatic rings. The van der Waals surface area contributed by atoms with Crippen LogP contribution in [0.5, 0.6) is 0 Å². The molecule has 1 aliphatic rings. The Kier molecular flexibility index (Phi) is 7.65. The average Bonchev–Trinajstić information content (AvgIpc) is 3.39. The first-order valence-corrected chi connectivity index (χ1v) is 12.0. The van der Waals surface area contributed by atoms with Crippen LogP contribution in [0, 0.1) is 6.92 Å². The lowest BCUT2D eigenvalue weighted by atomic mass is 9.94. The largest absolute Gasteiger partial charge is 0.383 e. The van der Waals surface area contributed by atoms with Crippen LogP contribution in [0.4, 0.5) is 10.6 Å². The number of para-hydroxylation sites is 1. The number of carbonyl (C=O) groups excluding carboxylic acids is 1. The summed E-state index contributed by atoms with van der Waals surface area (Å²) in [4.78, 5) is 15.6. The summed E-state index contributed by atoms with van der Waals surface area (Å²) in [6, 6.07) is 20.1. The van der Waals surface area contributed by atoms with E-state index in [1.807, 2.05) is 48.0 Å². The highest BCUT2D eigenvalue weighted by atomic mass is 16.5. The third kappa shape index (κ3) is 5.32. The van der Waals surface area contributed by atoms with Gasteiger partial charge in [0.25, 0.3) is 0 Å². The lowest BCUT2D eigenvalue weighted by Gasteiger charge is -2.21. The Balaban J connectivity index is 1.55. The molecule has 180 valence electrons. The number of anilines is 1. The maximum atomic E-state index is 13.3. The number of nitrogens with one attached hydrogen (secondary N) is 2. The minimum atomic E-state index is -0.213. The third-order valence-corrected chi connectivity index (χ3v) is 6.49. The Morgan fingerprint density at radius 1 is 1.09 bits per heavy atom. The number of nitrogens with zero attached hydrogens (tertiary/aromatic N) is 3. The predicted molar refractivity (Wildman–Crippen MR) is 136 cm³/mol. The number of likely N-dealkylation sites (tertiary alicyclic amines) is 1. The first-order valence-electron chi connectivity index (χ1n) is 12.0. The zero-order valence-corrected chi connectivity index (χ0v) is 20.5. The van der Waals surface area contributed by atoms with Crippen LogP contribution in [0.25, 0.3) is 5.69 Å². The molecule has 0 spiro atoms. The van der Waals surface area contributed by atoms with E-state index in [-0.39, 0.29) is 23.9 Å². The van der Waals surface area contributed by atoms with Crippen molar-refractivity contribution in [3.8, 4) is 5.69 Å². The summed E-state index contributed by atoms with van der Waals surface area (Å²) in [5, 5.41) is 11.2. The highest BCUT2D eigenvalue weighted by Crippen LogP contribution is 2.29. The van der Waals surface area contributed by atoms with Gasteiger partial charge in [-0.2, -0.15) is 5.10 Å². The van der Waals surface area contributed by atoms with Gasteiger partial charge < -0.3 is 10.1 Å². The number of methoxy groups -OCH3 is 1. The topological polar surface area (TPSA) is 71.4 Å². The molecular weight excluding hydrogens is 426 g/mol. The van der Waals surface area contributed by atoms with Gasteiger partial charge in [0.1, 0.15) is 5.82 Å². The van der Waals surface area contributed by atoms with Gasteiger partial charge in [-0.1, -0.05) is 62.4 Å². The lowest BCUT2D eigenvalue weighted by molar-refractivity contribution is 0.159. The molecule has 1 aromatic heterocycles. The maximum absolute atomic E-state index is 13.3. The van der Waals surface area contributed by atoms with Gasteiger partial charge >= 0.3 is 6.03 Å². The van der Waals surface area contributed by atoms with Crippen LogP contribution in [0.3, 0.4) is 0 Å². The van der Waals surface area contributed by atoms with Crippen molar-refractivity contribution in [3.05, 3.63) is 77.5 Å². The smallest absolute Gasteiger partial charge is 0.320 e. The number of rotatable bonds is 8. The SMILES string of the molecule is COCCN1CC(NC(=O)Nc2c(C)c(C(C)C)nn2-c2ccccc2)C(c2ccccc2)C1. The van der Waals surface area contributed by atoms with Crippen molar-refractivity contribution in [1.29, 1.82) is 0 Å². The molecule has 0 radical (unpaired) electrons. The summed E-state index contributed by atoms with van der Waals surface area (Å²) in [7, 11) is 1.72. The molecule has 4 rings (SSSR count). The van der Waals surface area contributed by atoms with E-state index in [0.717, 1.165) is 36.6 Å². The van der Waals surface area contributed by atoms with Crippen LogP contribution in [0.2, 0.25) is 0 Å². The molecule has 1 fully saturated rings. The Bertz CT molecular complexity index is 1080. The molecule has 0 bridgehead atoms. The zero-order chi connectivity index (χ0) is 24.1. The Labute approximate surface area is 202 Å². The first kappa shape index (κ1) is 24.0. The van der Waals surface area contributed by atoms with E-state index >= 15 is 0 Å². The molecular formula is C27H35N5O2.